The van der Waals surface area contributed by atoms with E-state index in [0.717, 1.165) is 67.2 Å². The Bertz CT molecular complexity index is 3520. The van der Waals surface area contributed by atoms with E-state index in [1.807, 2.05) is 48.2 Å². The molecule has 0 saturated carbocycles. The molecule has 1 aliphatic carbocycles. The predicted molar refractivity (Wildman–Crippen MR) is 261 cm³/mol. The number of pyridine rings is 4. The second-order valence-electron chi connectivity index (χ2n) is 16.5. The SMILES string of the molecule is c1ccc(-c2cc(-c3ccc(-c4ccc(-c5nc6ccccc6c6c7c(ccc56)C5(c6ccccc6Sc6ccccc65)c5ccccc5-7)cc4)cc3)cc(-c3ccccn3)n2)nc1. The summed E-state index contributed by atoms with van der Waals surface area (Å²) in [6, 6.07) is 74.2. The number of benzene rings is 7. The summed E-state index contributed by atoms with van der Waals surface area (Å²) < 4.78 is 0. The standard InChI is InChI=1S/C59H36N4S/c1-3-15-45-42(13-1)57-48(59(45)46-16-4-7-21-54(46)64-55-22-8-5-17-47(55)59)32-31-44-56(57)43-14-2-6-18-49(43)63-58(44)40-29-27-38(28-30-40)37-23-25-39(26-24-37)41-35-52(50-19-9-11-33-60-50)62-53(36-41)51-20-10-12-34-61-51/h1-36H. The van der Waals surface area contributed by atoms with Gasteiger partial charge in [-0.15, -0.1) is 0 Å². The minimum absolute atomic E-state index is 0.444. The van der Waals surface area contributed by atoms with Crippen LogP contribution in [0.15, 0.2) is 228 Å². The van der Waals surface area contributed by atoms with Gasteiger partial charge in [0.2, 0.25) is 0 Å². The van der Waals surface area contributed by atoms with E-state index in [-0.39, 0.29) is 0 Å². The van der Waals surface area contributed by atoms with Gasteiger partial charge in [0.25, 0.3) is 0 Å². The van der Waals surface area contributed by atoms with Crippen LogP contribution in [0.25, 0.3) is 89.1 Å². The van der Waals surface area contributed by atoms with Gasteiger partial charge < -0.3 is 0 Å². The fraction of sp³-hybridized carbons (Fsp3) is 0.0169. The summed E-state index contributed by atoms with van der Waals surface area (Å²) in [5.74, 6) is 0. The molecule has 298 valence electrons. The molecule has 2 aliphatic rings. The van der Waals surface area contributed by atoms with Crippen LogP contribution in [0.2, 0.25) is 0 Å². The van der Waals surface area contributed by atoms with E-state index in [9.17, 15) is 0 Å². The van der Waals surface area contributed by atoms with E-state index in [0.29, 0.717) is 0 Å². The van der Waals surface area contributed by atoms with Gasteiger partial charge in [-0.3, -0.25) is 9.97 Å². The number of nitrogens with zero attached hydrogens (tertiary/aromatic N) is 4. The Morgan fingerprint density at radius 2 is 0.891 bits per heavy atom. The molecule has 0 amide bonds. The van der Waals surface area contributed by atoms with Crippen molar-refractivity contribution in [2.45, 2.75) is 15.2 Å². The summed E-state index contributed by atoms with van der Waals surface area (Å²) >= 11 is 1.88. The molecule has 5 heterocycles. The summed E-state index contributed by atoms with van der Waals surface area (Å²) in [6.45, 7) is 0. The number of rotatable bonds is 5. The van der Waals surface area contributed by atoms with Crippen LogP contribution in [0.5, 0.6) is 0 Å². The Morgan fingerprint density at radius 3 is 1.52 bits per heavy atom. The highest BCUT2D eigenvalue weighted by molar-refractivity contribution is 7.99. The zero-order valence-corrected chi connectivity index (χ0v) is 35.3. The first-order valence-corrected chi connectivity index (χ1v) is 22.4. The van der Waals surface area contributed by atoms with Gasteiger partial charge in [0.15, 0.2) is 0 Å². The third kappa shape index (κ3) is 5.57. The van der Waals surface area contributed by atoms with Crippen molar-refractivity contribution < 1.29 is 0 Å². The number of aromatic nitrogens is 4. The lowest BCUT2D eigenvalue weighted by molar-refractivity contribution is 0.723. The normalized spacial score (nSPS) is 13.1. The molecule has 0 atom stereocenters. The predicted octanol–water partition coefficient (Wildman–Crippen LogP) is 14.7. The number of fused-ring (bicyclic) bond motifs is 13. The van der Waals surface area contributed by atoms with Gasteiger partial charge in [0.05, 0.1) is 39.4 Å². The molecule has 64 heavy (non-hydrogen) atoms. The third-order valence-electron chi connectivity index (χ3n) is 13.1. The lowest BCUT2D eigenvalue weighted by Gasteiger charge is -2.39. The minimum Gasteiger partial charge on any atom is -0.255 e. The molecule has 0 N–H and O–H groups in total. The number of para-hydroxylation sites is 1. The maximum absolute atomic E-state index is 5.42. The van der Waals surface area contributed by atoms with E-state index in [2.05, 4.69) is 180 Å². The summed E-state index contributed by atoms with van der Waals surface area (Å²) in [4.78, 5) is 22.2. The van der Waals surface area contributed by atoms with Crippen LogP contribution >= 0.6 is 11.8 Å². The number of hydrogen-bond donors (Lipinski definition) is 0. The first-order chi connectivity index (χ1) is 31.7. The Balaban J connectivity index is 0.925. The summed E-state index contributed by atoms with van der Waals surface area (Å²) in [5, 5.41) is 3.58. The first kappa shape index (κ1) is 36.6. The first-order valence-electron chi connectivity index (χ1n) is 21.6. The average molecular weight is 833 g/mol. The molecule has 0 fully saturated rings. The molecule has 4 aromatic heterocycles. The molecule has 0 bridgehead atoms. The van der Waals surface area contributed by atoms with Crippen LogP contribution in [0, 0.1) is 0 Å². The van der Waals surface area contributed by atoms with Gasteiger partial charge in [0.1, 0.15) is 0 Å². The Labute approximate surface area is 375 Å². The molecule has 11 aromatic rings. The largest absolute Gasteiger partial charge is 0.255 e. The Hall–Kier alpha value is -7.99. The van der Waals surface area contributed by atoms with Crippen LogP contribution in [-0.2, 0) is 5.41 Å². The van der Waals surface area contributed by atoms with Crippen LogP contribution in [0.4, 0.5) is 0 Å². The van der Waals surface area contributed by atoms with Crippen molar-refractivity contribution in [3.05, 3.63) is 241 Å². The van der Waals surface area contributed by atoms with Crippen molar-refractivity contribution in [2.24, 2.45) is 0 Å². The molecular weight excluding hydrogens is 797 g/mol. The fourth-order valence-corrected chi connectivity index (χ4v) is 11.5. The molecule has 7 aromatic carbocycles. The van der Waals surface area contributed by atoms with E-state index in [1.165, 1.54) is 53.9 Å². The monoisotopic (exact) mass is 832 g/mol. The van der Waals surface area contributed by atoms with E-state index < -0.39 is 5.41 Å². The summed E-state index contributed by atoms with van der Waals surface area (Å²) in [6.07, 6.45) is 3.61. The minimum atomic E-state index is -0.444. The Kier molecular flexibility index (Phi) is 8.33. The molecular formula is C59H36N4S. The topological polar surface area (TPSA) is 51.6 Å². The summed E-state index contributed by atoms with van der Waals surface area (Å²) in [7, 11) is 0. The highest BCUT2D eigenvalue weighted by atomic mass is 32.2. The highest BCUT2D eigenvalue weighted by Gasteiger charge is 2.50. The van der Waals surface area contributed by atoms with Crippen LogP contribution < -0.4 is 0 Å². The molecule has 1 aliphatic heterocycles. The third-order valence-corrected chi connectivity index (χ3v) is 14.2. The van der Waals surface area contributed by atoms with Crippen molar-refractivity contribution in [2.75, 3.05) is 0 Å². The van der Waals surface area contributed by atoms with Crippen LogP contribution in [0.3, 0.4) is 0 Å². The Morgan fingerprint density at radius 1 is 0.359 bits per heavy atom. The highest BCUT2D eigenvalue weighted by Crippen LogP contribution is 2.63. The molecule has 0 radical (unpaired) electrons. The van der Waals surface area contributed by atoms with Crippen molar-refractivity contribution >= 4 is 33.4 Å². The van der Waals surface area contributed by atoms with Gasteiger partial charge in [-0.2, -0.15) is 0 Å². The van der Waals surface area contributed by atoms with E-state index >= 15 is 0 Å². The van der Waals surface area contributed by atoms with Crippen molar-refractivity contribution in [1.29, 1.82) is 0 Å². The van der Waals surface area contributed by atoms with E-state index in [1.54, 1.807) is 12.4 Å². The van der Waals surface area contributed by atoms with Crippen LogP contribution in [-0.4, -0.2) is 19.9 Å². The molecule has 1 spiro atoms. The quantitative estimate of drug-likeness (QED) is 0.162. The molecule has 5 heteroatoms. The van der Waals surface area contributed by atoms with E-state index in [4.69, 9.17) is 9.97 Å². The molecule has 4 nitrogen and oxygen atoms in total. The van der Waals surface area contributed by atoms with Gasteiger partial charge in [-0.05, 0) is 110 Å². The van der Waals surface area contributed by atoms with Gasteiger partial charge in [-0.1, -0.05) is 163 Å². The maximum Gasteiger partial charge on any atom is 0.0900 e. The summed E-state index contributed by atoms with van der Waals surface area (Å²) in [5.41, 5.74) is 18.3. The second kappa shape index (κ2) is 14.6. The smallest absolute Gasteiger partial charge is 0.0900 e. The molecule has 0 saturated heterocycles. The van der Waals surface area contributed by atoms with Crippen molar-refractivity contribution in [3.63, 3.8) is 0 Å². The molecule has 13 rings (SSSR count). The lowest BCUT2D eigenvalue weighted by Crippen LogP contribution is -2.31. The molecule has 0 unspecified atom stereocenters. The second-order valence-corrected chi connectivity index (χ2v) is 17.6. The van der Waals surface area contributed by atoms with Crippen LogP contribution in [0.1, 0.15) is 22.3 Å². The lowest BCUT2D eigenvalue weighted by atomic mass is 9.67. The van der Waals surface area contributed by atoms with Gasteiger partial charge in [-0.25, -0.2) is 9.97 Å². The fourth-order valence-electron chi connectivity index (χ4n) is 10.3. The maximum atomic E-state index is 5.42. The number of hydrogen-bond acceptors (Lipinski definition) is 5. The zero-order chi connectivity index (χ0) is 42.2. The van der Waals surface area contributed by atoms with Gasteiger partial charge in [0, 0.05) is 43.9 Å². The van der Waals surface area contributed by atoms with Crippen molar-refractivity contribution in [1.82, 2.24) is 19.9 Å². The van der Waals surface area contributed by atoms with Gasteiger partial charge >= 0.3 is 0 Å². The van der Waals surface area contributed by atoms with Crippen molar-refractivity contribution in [3.8, 4) is 67.4 Å². The average Bonchev–Trinajstić information content (AvgIpc) is 3.67. The zero-order valence-electron chi connectivity index (χ0n) is 34.5.